The van der Waals surface area contributed by atoms with Crippen LogP contribution in [0.4, 0.5) is 0 Å². The van der Waals surface area contributed by atoms with E-state index >= 15 is 0 Å². The Bertz CT molecular complexity index is 1000. The van der Waals surface area contributed by atoms with Crippen molar-refractivity contribution in [2.24, 2.45) is 29.6 Å². The molecule has 4 aliphatic rings. The van der Waals surface area contributed by atoms with Crippen molar-refractivity contribution in [1.82, 2.24) is 0 Å². The van der Waals surface area contributed by atoms with Crippen LogP contribution in [0.1, 0.15) is 74.1 Å². The van der Waals surface area contributed by atoms with Crippen LogP contribution in [0.5, 0.6) is 0 Å². The molecule has 3 aliphatic heterocycles. The molecule has 0 unspecified atom stereocenters. The van der Waals surface area contributed by atoms with Crippen LogP contribution in [0.3, 0.4) is 0 Å². The average molecular weight is 493 g/mol. The highest BCUT2D eigenvalue weighted by Gasteiger charge is 2.51. The molecule has 0 aromatic carbocycles. The van der Waals surface area contributed by atoms with E-state index in [0.717, 1.165) is 25.7 Å². The molecule has 1 aliphatic carbocycles. The summed E-state index contributed by atoms with van der Waals surface area (Å²) in [7, 11) is 0. The van der Waals surface area contributed by atoms with Crippen LogP contribution in [0.2, 0.25) is 0 Å². The molecule has 0 saturated carbocycles. The molecule has 1 saturated heterocycles. The number of ketones is 1. The second-order valence-electron chi connectivity index (χ2n) is 11.8. The van der Waals surface area contributed by atoms with E-state index in [9.17, 15) is 20.1 Å². The first-order chi connectivity index (χ1) is 16.3. The minimum atomic E-state index is -1.60. The lowest BCUT2D eigenvalue weighted by Gasteiger charge is -2.44. The zero-order valence-corrected chi connectivity index (χ0v) is 22.2. The molecule has 194 valence electrons. The number of rotatable bonds is 0. The van der Waals surface area contributed by atoms with Crippen molar-refractivity contribution < 1.29 is 29.6 Å². The van der Waals surface area contributed by atoms with E-state index in [1.54, 1.807) is 13.0 Å². The number of ether oxygens (including phenoxy) is 2. The van der Waals surface area contributed by atoms with Crippen molar-refractivity contribution in [3.8, 4) is 0 Å². The second-order valence-corrected chi connectivity index (χ2v) is 11.8. The molecular formula is C29H42O6. The number of fused-ring (bicyclic) bond motifs is 4. The van der Waals surface area contributed by atoms with Gasteiger partial charge in [0.25, 0.3) is 0 Å². The monoisotopic (exact) mass is 492 g/mol. The third-order valence-corrected chi connectivity index (χ3v) is 8.66. The molecule has 6 nitrogen and oxygen atoms in total. The van der Waals surface area contributed by atoms with E-state index < -0.39 is 23.8 Å². The third kappa shape index (κ3) is 4.65. The largest absolute Gasteiger partial charge is 0.504 e. The molecule has 4 bridgehead atoms. The summed E-state index contributed by atoms with van der Waals surface area (Å²) < 4.78 is 12.7. The SMILES string of the molecule is C/C1=[12CH]\[C@H](C)C[13CH2][12C@H]2O[13C@@H](C3=[13C](O)C(=[16O])[13C](C)=C4[16O][12C@]([16OH])([13CH]=[13C]43)[C@H](C)[12CH2][C@H](C)[12CH2]1)[C@H](C)[12C@@H]([16OH])[C@H]2C. The number of allylic oxidation sites excluding steroid dienone is 4. The van der Waals surface area contributed by atoms with Crippen LogP contribution in [0.25, 0.3) is 0 Å². The molecule has 6 heteroatoms. The summed E-state index contributed by atoms with van der Waals surface area (Å²) in [6, 6.07) is 0. The molecule has 1 fully saturated rings. The van der Waals surface area contributed by atoms with Crippen molar-refractivity contribution in [2.75, 3.05) is 0 Å². The van der Waals surface area contributed by atoms with Gasteiger partial charge in [-0.25, -0.2) is 0 Å². The fourth-order valence-corrected chi connectivity index (χ4v) is 6.51. The van der Waals surface area contributed by atoms with Gasteiger partial charge in [0.05, 0.1) is 18.3 Å². The van der Waals surface area contributed by atoms with Gasteiger partial charge in [0.2, 0.25) is 11.6 Å². The molecule has 4 rings (SSSR count). The minimum Gasteiger partial charge on any atom is -0.504 e. The molecule has 9 atom stereocenters. The molecule has 0 amide bonds. The van der Waals surface area contributed by atoms with Crippen LogP contribution in [-0.4, -0.2) is 45.2 Å². The van der Waals surface area contributed by atoms with E-state index in [0.29, 0.717) is 28.7 Å². The Labute approximate surface area is 209 Å². The van der Waals surface area contributed by atoms with Gasteiger partial charge in [-0.2, -0.15) is 0 Å². The molecule has 35 heavy (non-hydrogen) atoms. The van der Waals surface area contributed by atoms with Gasteiger partial charge in [-0.15, -0.1) is 0 Å². The topological polar surface area (TPSA) is 96.2 Å². The molecule has 3 N–H and O–H groups in total. The lowest BCUT2D eigenvalue weighted by molar-refractivity contribution is -0.164. The first kappa shape index (κ1) is 26.2. The normalized spacial score (nSPS) is 44.5. The molecule has 0 aromatic rings. The highest BCUT2D eigenvalue weighted by molar-refractivity contribution is 6.10. The fraction of sp³-hybridized carbons (Fsp3) is 0.690. The summed E-state index contributed by atoms with van der Waals surface area (Å²) in [6.07, 6.45) is 5.76. The highest BCUT2D eigenvalue weighted by Crippen LogP contribution is 2.49. The van der Waals surface area contributed by atoms with E-state index in [-0.39, 0.29) is 35.2 Å². The number of carbonyl (C=O) groups excluding carboxylic acids is 1. The van der Waals surface area contributed by atoms with Crippen molar-refractivity contribution >= 4 is 5.78 Å². The maximum atomic E-state index is 13.0. The molecule has 0 aromatic heterocycles. The van der Waals surface area contributed by atoms with Gasteiger partial charge in [0.1, 0.15) is 5.76 Å². The number of hydrogen-bond acceptors (Lipinski definition) is 6. The Morgan fingerprint density at radius 2 is 1.74 bits per heavy atom. The maximum Gasteiger partial charge on any atom is 0.231 e. The second kappa shape index (κ2) is 9.53. The van der Waals surface area contributed by atoms with Crippen LogP contribution in [-0.2, 0) is 14.3 Å². The summed E-state index contributed by atoms with van der Waals surface area (Å²) >= 11 is 0. The van der Waals surface area contributed by atoms with Gasteiger partial charge in [-0.3, -0.25) is 4.79 Å². The van der Waals surface area contributed by atoms with E-state index in [2.05, 4.69) is 26.8 Å². The summed E-state index contributed by atoms with van der Waals surface area (Å²) in [6.45, 7) is 14.0. The van der Waals surface area contributed by atoms with Gasteiger partial charge < -0.3 is 24.8 Å². The van der Waals surface area contributed by atoms with E-state index in [1.807, 2.05) is 20.8 Å². The fourth-order valence-electron chi connectivity index (χ4n) is 6.51. The standard InChI is InChI=1S/C29H42O6/c1-14-8-9-22-18(5)24(30)19(6)28(34-22)23-21-13-29(33,17(4)12-16(3)11-15(2)10-14)35-27(21)20(7)25(31)26(23)32/h10,13-14,16-19,22,24,28,30,32-33H,8-9,11-12H2,1-7H3/b15-10+/t14-,16-,17-,18+,19-,22-,24+,28-,29-/m1/s1/i9+1,10+0,11+0,12+0,13+1,20+1,21+1,22+0,24+0,26+1,28+1,29+0,30+0,31+0,33+0,35+0. The van der Waals surface area contributed by atoms with Crippen LogP contribution in [0.15, 0.2) is 46.0 Å². The van der Waals surface area contributed by atoms with Crippen molar-refractivity contribution in [1.29, 1.82) is 0 Å². The van der Waals surface area contributed by atoms with Crippen LogP contribution in [0, 0.1) is 29.6 Å². The van der Waals surface area contributed by atoms with Crippen molar-refractivity contribution in [3.05, 3.63) is 46.0 Å². The number of aliphatic hydroxyl groups is 3. The molecule has 3 heterocycles. The zero-order chi connectivity index (χ0) is 25.8. The van der Waals surface area contributed by atoms with Gasteiger partial charge in [-0.05, 0) is 57.4 Å². The quantitative estimate of drug-likeness (QED) is 0.321. The first-order valence-corrected chi connectivity index (χ1v) is 13.2. The highest BCUT2D eigenvalue weighted by atomic mass is 16.6. The Balaban J connectivity index is 1.83. The molecular weight excluding hydrogens is 450 g/mol. The maximum absolute atomic E-state index is 13.0. The number of hydrogen-bond donors (Lipinski definition) is 3. The van der Waals surface area contributed by atoms with Crippen molar-refractivity contribution in [3.63, 3.8) is 0 Å². The number of Topliss-reactive ketones (excluding diaryl/α,β-unsaturated/α-hetero) is 1. The lowest BCUT2D eigenvalue weighted by Crippen LogP contribution is -2.50. The zero-order valence-electron chi connectivity index (χ0n) is 22.2. The van der Waals surface area contributed by atoms with Gasteiger partial charge >= 0.3 is 0 Å². The van der Waals surface area contributed by atoms with Crippen LogP contribution >= 0.6 is 0 Å². The van der Waals surface area contributed by atoms with E-state index in [4.69, 9.17) is 9.47 Å². The third-order valence-electron chi connectivity index (χ3n) is 8.66. The van der Waals surface area contributed by atoms with Gasteiger partial charge in [0.15, 0.2) is 5.76 Å². The van der Waals surface area contributed by atoms with Crippen molar-refractivity contribution in [2.45, 2.75) is 98.2 Å². The summed E-state index contributed by atoms with van der Waals surface area (Å²) in [5.74, 6) is -2.16. The summed E-state index contributed by atoms with van der Waals surface area (Å²) in [4.78, 5) is 13.0. The first-order valence-electron chi connectivity index (χ1n) is 13.2. The predicted octanol–water partition coefficient (Wildman–Crippen LogP) is 5.13. The number of aliphatic hydroxyl groups excluding tert-OH is 2. The smallest absolute Gasteiger partial charge is 0.231 e. The Hall–Kier alpha value is -1.89. The van der Waals surface area contributed by atoms with Gasteiger partial charge in [-0.1, -0.05) is 46.3 Å². The number of carbonyl (C=O) groups is 1. The Morgan fingerprint density at radius 1 is 1.06 bits per heavy atom. The predicted molar refractivity (Wildman–Crippen MR) is 134 cm³/mol. The average Bonchev–Trinajstić information content (AvgIpc) is 3.14. The molecule has 0 radical (unpaired) electrons. The summed E-state index contributed by atoms with van der Waals surface area (Å²) in [5.41, 5.74) is 2.44. The molecule has 0 spiro atoms. The van der Waals surface area contributed by atoms with Crippen LogP contribution < -0.4 is 0 Å². The van der Waals surface area contributed by atoms with Gasteiger partial charge in [0, 0.05) is 34.5 Å². The summed E-state index contributed by atoms with van der Waals surface area (Å²) in [5, 5.41) is 33.8. The Morgan fingerprint density at radius 3 is 2.43 bits per heavy atom. The minimum absolute atomic E-state index is 0.0815. The van der Waals surface area contributed by atoms with E-state index in [1.165, 1.54) is 5.57 Å². The Kier molecular flexibility index (Phi) is 7.13. The lowest BCUT2D eigenvalue weighted by atomic mass is 9.87.